The number of aliphatic hydroxyl groups is 6. The van der Waals surface area contributed by atoms with Gasteiger partial charge < -0.3 is 40.1 Å². The maximum absolute atomic E-state index is 13.4. The van der Waals surface area contributed by atoms with Crippen LogP contribution in [0.3, 0.4) is 0 Å². The summed E-state index contributed by atoms with van der Waals surface area (Å²) in [6, 6.07) is 0. The van der Waals surface area contributed by atoms with E-state index in [1.165, 1.54) is 0 Å². The van der Waals surface area contributed by atoms with E-state index in [0.717, 1.165) is 31.3 Å². The van der Waals surface area contributed by atoms with Crippen LogP contribution in [-0.2, 0) is 14.3 Å². The van der Waals surface area contributed by atoms with Crippen molar-refractivity contribution in [2.75, 3.05) is 0 Å². The average Bonchev–Trinajstić information content (AvgIpc) is 3.21. The van der Waals surface area contributed by atoms with E-state index in [2.05, 4.69) is 20.8 Å². The van der Waals surface area contributed by atoms with Crippen LogP contribution in [-0.4, -0.2) is 90.5 Å². The lowest BCUT2D eigenvalue weighted by atomic mass is 9.46. The molecule has 4 fully saturated rings. The summed E-state index contributed by atoms with van der Waals surface area (Å²) >= 11 is 0. The summed E-state index contributed by atoms with van der Waals surface area (Å²) in [4.78, 5) is 13.4. The van der Waals surface area contributed by atoms with Crippen molar-refractivity contribution in [3.8, 4) is 0 Å². The molecule has 0 aromatic carbocycles. The van der Waals surface area contributed by atoms with E-state index in [9.17, 15) is 35.4 Å². The van der Waals surface area contributed by atoms with Crippen molar-refractivity contribution in [3.63, 3.8) is 0 Å². The molecule has 42 heavy (non-hydrogen) atoms. The largest absolute Gasteiger partial charge is 0.393 e. The lowest BCUT2D eigenvalue weighted by Gasteiger charge is -2.59. The van der Waals surface area contributed by atoms with Crippen LogP contribution in [0.25, 0.3) is 0 Å². The van der Waals surface area contributed by atoms with Crippen molar-refractivity contribution in [1.82, 2.24) is 0 Å². The molecule has 0 bridgehead atoms. The summed E-state index contributed by atoms with van der Waals surface area (Å²) in [5, 5.41) is 64.6. The predicted octanol–water partition coefficient (Wildman–Crippen LogP) is 2.62. The van der Waals surface area contributed by atoms with Gasteiger partial charge in [0.15, 0.2) is 12.1 Å². The molecule has 0 aromatic rings. The molecule has 1 heterocycles. The lowest BCUT2D eigenvalue weighted by molar-refractivity contribution is -0.317. The van der Waals surface area contributed by atoms with Crippen molar-refractivity contribution in [2.24, 2.45) is 34.5 Å². The summed E-state index contributed by atoms with van der Waals surface area (Å²) < 4.78 is 11.7. The third kappa shape index (κ3) is 5.14. The Balaban J connectivity index is 1.26. The van der Waals surface area contributed by atoms with Crippen LogP contribution >= 0.6 is 0 Å². The third-order valence-corrected chi connectivity index (χ3v) is 12.7. The molecular weight excluding hydrogens is 540 g/mol. The molecule has 5 rings (SSSR count). The maximum atomic E-state index is 13.4. The molecule has 0 aromatic heterocycles. The Bertz CT molecular complexity index is 1060. The number of carbonyl (C=O) groups is 1. The number of carbonyl (C=O) groups excluding carboxylic acids is 1. The first-order chi connectivity index (χ1) is 19.4. The highest BCUT2D eigenvalue weighted by atomic mass is 16.7. The van der Waals surface area contributed by atoms with Crippen LogP contribution in [0.2, 0.25) is 0 Å². The molecule has 1 aliphatic heterocycles. The van der Waals surface area contributed by atoms with Gasteiger partial charge in [0.25, 0.3) is 0 Å². The number of hydrogen-bond donors (Lipinski definition) is 6. The fraction of sp³-hybridized carbons (Fsp3) is 0.909. The first-order valence-electron chi connectivity index (χ1n) is 16.2. The Hall–Kier alpha value is -0.910. The minimum atomic E-state index is -1.39. The van der Waals surface area contributed by atoms with Gasteiger partial charge in [-0.3, -0.25) is 4.79 Å². The topological polar surface area (TPSA) is 157 Å². The molecule has 5 aliphatic rings. The molecule has 14 atom stereocenters. The summed E-state index contributed by atoms with van der Waals surface area (Å²) in [5.74, 6) is -0.0518. The first-order valence-corrected chi connectivity index (χ1v) is 16.2. The molecule has 0 amide bonds. The number of allylic oxidation sites excluding steroid dienone is 1. The molecule has 0 spiro atoms. The number of ether oxygens (including phenoxy) is 2. The molecule has 9 nitrogen and oxygen atoms in total. The third-order valence-electron chi connectivity index (χ3n) is 12.7. The Kier molecular flexibility index (Phi) is 8.63. The maximum Gasteiger partial charge on any atom is 0.187 e. The molecule has 0 radical (unpaired) electrons. The van der Waals surface area contributed by atoms with E-state index in [-0.39, 0.29) is 34.9 Å². The highest BCUT2D eigenvalue weighted by Gasteiger charge is 2.66. The van der Waals surface area contributed by atoms with Gasteiger partial charge in [0.2, 0.25) is 0 Å². The van der Waals surface area contributed by atoms with Crippen molar-refractivity contribution in [2.45, 2.75) is 153 Å². The highest BCUT2D eigenvalue weighted by Crippen LogP contribution is 2.68. The Morgan fingerprint density at radius 3 is 2.40 bits per heavy atom. The number of rotatable bonds is 7. The second kappa shape index (κ2) is 11.2. The van der Waals surface area contributed by atoms with Crippen LogP contribution < -0.4 is 0 Å². The lowest BCUT2D eigenvalue weighted by Crippen LogP contribution is -2.59. The number of ketones is 1. The fourth-order valence-corrected chi connectivity index (χ4v) is 9.71. The van der Waals surface area contributed by atoms with Gasteiger partial charge in [-0.25, -0.2) is 0 Å². The van der Waals surface area contributed by atoms with Crippen molar-refractivity contribution in [1.29, 1.82) is 0 Å². The molecule has 3 unspecified atom stereocenters. The normalized spacial score (nSPS) is 49.0. The molecule has 6 N–H and O–H groups in total. The molecule has 240 valence electrons. The van der Waals surface area contributed by atoms with Crippen molar-refractivity contribution < 1.29 is 44.9 Å². The zero-order valence-electron chi connectivity index (χ0n) is 26.2. The Morgan fingerprint density at radius 1 is 1.02 bits per heavy atom. The Morgan fingerprint density at radius 2 is 1.71 bits per heavy atom. The molecule has 4 aliphatic carbocycles. The minimum Gasteiger partial charge on any atom is -0.393 e. The number of hydrogen-bond acceptors (Lipinski definition) is 9. The summed E-state index contributed by atoms with van der Waals surface area (Å²) in [5.41, 5.74) is -1.69. The van der Waals surface area contributed by atoms with E-state index in [0.29, 0.717) is 32.1 Å². The van der Waals surface area contributed by atoms with Crippen LogP contribution in [0.4, 0.5) is 0 Å². The van der Waals surface area contributed by atoms with Crippen molar-refractivity contribution in [3.05, 3.63) is 11.6 Å². The van der Waals surface area contributed by atoms with E-state index in [1.54, 1.807) is 13.0 Å². The van der Waals surface area contributed by atoms with Gasteiger partial charge in [0, 0.05) is 11.3 Å². The predicted molar refractivity (Wildman–Crippen MR) is 155 cm³/mol. The van der Waals surface area contributed by atoms with Crippen LogP contribution in [0, 0.1) is 34.5 Å². The molecule has 1 saturated heterocycles. The zero-order chi connectivity index (χ0) is 31.0. The van der Waals surface area contributed by atoms with E-state index in [1.807, 2.05) is 13.8 Å². The molecule has 9 heteroatoms. The summed E-state index contributed by atoms with van der Waals surface area (Å²) in [6.07, 6.45) is 0.850. The first kappa shape index (κ1) is 32.5. The summed E-state index contributed by atoms with van der Waals surface area (Å²) in [7, 11) is 0. The van der Waals surface area contributed by atoms with Gasteiger partial charge in [0.05, 0.1) is 29.5 Å². The molecular formula is C33H54O9. The monoisotopic (exact) mass is 594 g/mol. The zero-order valence-corrected chi connectivity index (χ0v) is 26.2. The van der Waals surface area contributed by atoms with Crippen LogP contribution in [0.15, 0.2) is 11.6 Å². The SMILES string of the molecule is CC1O[C@@H](OC(C)(C)CC[C@@H](O)[C@@H](C)C2CC[C@@]3(O)C4=CC(=O)[C@@H]5C[C@@H](O)CC[C@]5(C)[C@H]4CC[C@]23C)C(O)[C@H](O)[C@H]1O. The Labute approximate surface area is 250 Å². The van der Waals surface area contributed by atoms with Gasteiger partial charge in [-0.1, -0.05) is 20.8 Å². The smallest absolute Gasteiger partial charge is 0.187 e. The van der Waals surface area contributed by atoms with Gasteiger partial charge in [-0.2, -0.15) is 0 Å². The van der Waals surface area contributed by atoms with Crippen molar-refractivity contribution >= 4 is 5.78 Å². The fourth-order valence-electron chi connectivity index (χ4n) is 9.71. The van der Waals surface area contributed by atoms with Crippen LogP contribution in [0.5, 0.6) is 0 Å². The highest BCUT2D eigenvalue weighted by molar-refractivity contribution is 5.95. The quantitative estimate of drug-likeness (QED) is 0.261. The average molecular weight is 595 g/mol. The van der Waals surface area contributed by atoms with Gasteiger partial charge in [-0.05, 0) is 113 Å². The van der Waals surface area contributed by atoms with Crippen LogP contribution in [0.1, 0.15) is 99.3 Å². The summed E-state index contributed by atoms with van der Waals surface area (Å²) in [6.45, 7) is 11.7. The molecule has 3 saturated carbocycles. The number of fused-ring (bicyclic) bond motifs is 5. The standard InChI is InChI=1S/C33H54O9/c1-17(24(35)10-11-30(3,4)42-29-28(39)27(38)26(37)18(2)41-29)20-9-14-33(40)22-16-25(36)23-15-19(34)7-12-31(23,5)21(22)8-13-32(20,33)6/h16-21,23-24,26-29,34-35,37-40H,7-15H2,1-6H3/t17-,18?,19-,20?,21-,23-,24+,26-,27+,28?,29-,31+,32+,33+/m0/s1. The van der Waals surface area contributed by atoms with Gasteiger partial charge in [0.1, 0.15) is 18.3 Å². The van der Waals surface area contributed by atoms with E-state index < -0.39 is 59.5 Å². The number of aliphatic hydroxyl groups excluding tert-OH is 5. The second-order valence-electron chi connectivity index (χ2n) is 15.5. The minimum absolute atomic E-state index is 0.0439. The van der Waals surface area contributed by atoms with Gasteiger partial charge in [-0.15, -0.1) is 0 Å². The second-order valence-corrected chi connectivity index (χ2v) is 15.5. The van der Waals surface area contributed by atoms with E-state index in [4.69, 9.17) is 9.47 Å². The van der Waals surface area contributed by atoms with Gasteiger partial charge >= 0.3 is 0 Å². The van der Waals surface area contributed by atoms with E-state index >= 15 is 0 Å².